The lowest BCUT2D eigenvalue weighted by Crippen LogP contribution is -2.31. The molecule has 6 heteroatoms. The molecule has 224 valence electrons. The molecule has 1 aromatic heterocycles. The van der Waals surface area contributed by atoms with E-state index in [4.69, 9.17) is 9.47 Å². The first-order valence-corrected chi connectivity index (χ1v) is 16.6. The Labute approximate surface area is 252 Å². The fourth-order valence-corrected chi connectivity index (χ4v) is 5.77. The third-order valence-corrected chi connectivity index (χ3v) is 8.30. The third kappa shape index (κ3) is 12.3. The minimum atomic E-state index is 0.0434. The molecule has 41 heavy (non-hydrogen) atoms. The number of thiazole rings is 1. The predicted octanol–water partition coefficient (Wildman–Crippen LogP) is 8.77. The van der Waals surface area contributed by atoms with Crippen LogP contribution in [-0.2, 0) is 17.8 Å². The van der Waals surface area contributed by atoms with Gasteiger partial charge in [0.25, 0.3) is 0 Å². The molecule has 2 aromatic carbocycles. The molecule has 0 aliphatic carbocycles. The van der Waals surface area contributed by atoms with Crippen LogP contribution in [-0.4, -0.2) is 26.2 Å². The molecule has 0 radical (unpaired) electrons. The number of carbonyl (C=O) groups excluding carboxylic acids is 1. The average molecular weight is 580 g/mol. The summed E-state index contributed by atoms with van der Waals surface area (Å²) in [5, 5.41) is 2.07. The fraction of sp³-hybridized carbons (Fsp3) is 0.543. The van der Waals surface area contributed by atoms with E-state index in [-0.39, 0.29) is 5.91 Å². The van der Waals surface area contributed by atoms with Crippen molar-refractivity contribution in [2.75, 3.05) is 25.2 Å². The molecule has 0 atom stereocenters. The van der Waals surface area contributed by atoms with Gasteiger partial charge in [0.2, 0.25) is 11.4 Å². The molecule has 0 aliphatic heterocycles. The van der Waals surface area contributed by atoms with Crippen molar-refractivity contribution in [2.24, 2.45) is 0 Å². The van der Waals surface area contributed by atoms with E-state index in [2.05, 4.69) is 52.8 Å². The molecule has 0 unspecified atom stereocenters. The Balaban J connectivity index is 1.40. The van der Waals surface area contributed by atoms with Crippen molar-refractivity contribution >= 4 is 22.9 Å². The molecule has 0 bridgehead atoms. The van der Waals surface area contributed by atoms with Crippen LogP contribution in [0.1, 0.15) is 102 Å². The number of carbonyl (C=O) groups is 1. The van der Waals surface area contributed by atoms with Crippen LogP contribution in [0.2, 0.25) is 0 Å². The van der Waals surface area contributed by atoms with E-state index in [1.807, 2.05) is 23.1 Å². The summed E-state index contributed by atoms with van der Waals surface area (Å²) in [5.41, 5.74) is 5.37. The zero-order valence-corrected chi connectivity index (χ0v) is 26.4. The Morgan fingerprint density at radius 3 is 2.05 bits per heavy atom. The number of unbranched alkanes of at least 4 members (excludes halogenated alkanes) is 11. The maximum atomic E-state index is 12.5. The largest absolute Gasteiger partial charge is 0.493 e. The number of methoxy groups -OCH3 is 1. The second-order valence-electron chi connectivity index (χ2n) is 11.0. The molecule has 3 aromatic rings. The van der Waals surface area contributed by atoms with E-state index >= 15 is 0 Å². The lowest BCUT2D eigenvalue weighted by Gasteiger charge is -2.22. The lowest BCUT2D eigenvalue weighted by atomic mass is 10.1. The Kier molecular flexibility index (Phi) is 15.4. The number of amides is 1. The first-order valence-electron chi connectivity index (χ1n) is 15.7. The maximum absolute atomic E-state index is 12.5. The first kappa shape index (κ1) is 32.7. The van der Waals surface area contributed by atoms with Crippen LogP contribution in [0.15, 0.2) is 59.6 Å². The molecule has 0 spiro atoms. The molecule has 0 saturated carbocycles. The van der Waals surface area contributed by atoms with Crippen LogP contribution < -0.4 is 18.9 Å². The number of rotatable bonds is 21. The van der Waals surface area contributed by atoms with Crippen molar-refractivity contribution in [2.45, 2.75) is 104 Å². The Morgan fingerprint density at radius 2 is 1.46 bits per heavy atom. The van der Waals surface area contributed by atoms with Crippen molar-refractivity contribution in [3.8, 4) is 11.5 Å². The van der Waals surface area contributed by atoms with E-state index in [1.54, 1.807) is 25.4 Å². The monoisotopic (exact) mass is 579 g/mol. The average Bonchev–Trinajstić information content (AvgIpc) is 3.49. The van der Waals surface area contributed by atoms with Gasteiger partial charge in [0.05, 0.1) is 19.1 Å². The minimum absolute atomic E-state index is 0.0434. The maximum Gasteiger partial charge on any atom is 0.224 e. The number of anilines is 1. The predicted molar refractivity (Wildman–Crippen MR) is 171 cm³/mol. The smallest absolute Gasteiger partial charge is 0.224 e. The highest BCUT2D eigenvalue weighted by atomic mass is 32.1. The van der Waals surface area contributed by atoms with Crippen molar-refractivity contribution in [1.29, 1.82) is 0 Å². The standard InChI is InChI=1S/C35H51N2O3S/c1-4-5-6-7-8-9-10-11-12-13-14-15-25-40-35-27-31(18-21-34(35)39-3)22-23-37(30(2)38)33-19-16-32(17-20-33)28-36-24-26-41-29-36/h16-21,24,26-27,29H,4-15,22-23,25,28H2,1-3H3/q+1. The van der Waals surface area contributed by atoms with Crippen molar-refractivity contribution in [1.82, 2.24) is 0 Å². The van der Waals surface area contributed by atoms with Crippen molar-refractivity contribution < 1.29 is 18.8 Å². The third-order valence-electron chi connectivity index (χ3n) is 7.63. The van der Waals surface area contributed by atoms with Gasteiger partial charge in [-0.2, -0.15) is 4.57 Å². The molecular weight excluding hydrogens is 528 g/mol. The molecular formula is C35H51N2O3S+. The first-order chi connectivity index (χ1) is 20.1. The van der Waals surface area contributed by atoms with Gasteiger partial charge >= 0.3 is 0 Å². The molecule has 0 saturated heterocycles. The quantitative estimate of drug-likeness (QED) is 0.0936. The van der Waals surface area contributed by atoms with E-state index in [1.165, 1.54) is 76.2 Å². The second kappa shape index (κ2) is 19.3. The Hall–Kier alpha value is -2.86. The summed E-state index contributed by atoms with van der Waals surface area (Å²) in [6.07, 6.45) is 18.8. The number of hydrogen-bond acceptors (Lipinski definition) is 4. The molecule has 5 nitrogen and oxygen atoms in total. The number of ether oxygens (including phenoxy) is 2. The van der Waals surface area contributed by atoms with Crippen LogP contribution in [0.3, 0.4) is 0 Å². The molecule has 0 N–H and O–H groups in total. The van der Waals surface area contributed by atoms with Crippen LogP contribution in [0.4, 0.5) is 5.69 Å². The van der Waals surface area contributed by atoms with Gasteiger partial charge in [0.1, 0.15) is 0 Å². The number of hydrogen-bond donors (Lipinski definition) is 0. The van der Waals surface area contributed by atoms with E-state index in [9.17, 15) is 4.79 Å². The van der Waals surface area contributed by atoms with Crippen LogP contribution >= 0.6 is 11.3 Å². The SMILES string of the molecule is CCCCCCCCCCCCCCOc1cc(CCN(C(C)=O)c2ccc(C[n+]3ccsc3)cc2)ccc1OC. The summed E-state index contributed by atoms with van der Waals surface area (Å²) < 4.78 is 13.9. The van der Waals surface area contributed by atoms with Gasteiger partial charge in [-0.15, -0.1) is 0 Å². The van der Waals surface area contributed by atoms with Gasteiger partial charge in [-0.1, -0.05) is 107 Å². The van der Waals surface area contributed by atoms with Crippen molar-refractivity contribution in [3.63, 3.8) is 0 Å². The highest BCUT2D eigenvalue weighted by molar-refractivity contribution is 7.07. The van der Waals surface area contributed by atoms with Crippen LogP contribution in [0, 0.1) is 0 Å². The van der Waals surface area contributed by atoms with Gasteiger partial charge in [-0.3, -0.25) is 4.79 Å². The molecule has 0 aliphatic rings. The zero-order chi connectivity index (χ0) is 29.1. The molecule has 1 heterocycles. The minimum Gasteiger partial charge on any atom is -0.493 e. The lowest BCUT2D eigenvalue weighted by molar-refractivity contribution is -0.683. The van der Waals surface area contributed by atoms with Gasteiger partial charge in [-0.05, 0) is 42.7 Å². The van der Waals surface area contributed by atoms with E-state index < -0.39 is 0 Å². The highest BCUT2D eigenvalue weighted by Crippen LogP contribution is 2.29. The Bertz CT molecular complexity index is 1110. The number of benzene rings is 2. The van der Waals surface area contributed by atoms with E-state index in [0.717, 1.165) is 42.1 Å². The number of nitrogens with zero attached hydrogens (tertiary/aromatic N) is 2. The number of aromatic nitrogens is 1. The van der Waals surface area contributed by atoms with Gasteiger partial charge in [0.15, 0.2) is 24.2 Å². The summed E-state index contributed by atoms with van der Waals surface area (Å²) in [5.74, 6) is 1.59. The summed E-state index contributed by atoms with van der Waals surface area (Å²) in [4.78, 5) is 14.3. The van der Waals surface area contributed by atoms with Crippen LogP contribution in [0.25, 0.3) is 0 Å². The fourth-order valence-electron chi connectivity index (χ4n) is 5.17. The van der Waals surface area contributed by atoms with Crippen molar-refractivity contribution in [3.05, 3.63) is 70.7 Å². The van der Waals surface area contributed by atoms with Gasteiger partial charge in [0, 0.05) is 24.7 Å². The van der Waals surface area contributed by atoms with Crippen LogP contribution in [0.5, 0.6) is 11.5 Å². The molecule has 0 fully saturated rings. The summed E-state index contributed by atoms with van der Waals surface area (Å²) in [6, 6.07) is 14.4. The Morgan fingerprint density at radius 1 is 0.829 bits per heavy atom. The van der Waals surface area contributed by atoms with Gasteiger partial charge < -0.3 is 14.4 Å². The summed E-state index contributed by atoms with van der Waals surface area (Å²) in [7, 11) is 1.68. The van der Waals surface area contributed by atoms with Gasteiger partial charge in [-0.25, -0.2) is 0 Å². The topological polar surface area (TPSA) is 42.7 Å². The normalized spacial score (nSPS) is 11.0. The molecule has 1 amide bonds. The zero-order valence-electron chi connectivity index (χ0n) is 25.6. The second-order valence-corrected chi connectivity index (χ2v) is 11.8. The highest BCUT2D eigenvalue weighted by Gasteiger charge is 2.14. The van der Waals surface area contributed by atoms with E-state index in [0.29, 0.717) is 13.2 Å². The molecule has 3 rings (SSSR count). The summed E-state index contributed by atoms with van der Waals surface area (Å²) >= 11 is 1.68. The summed E-state index contributed by atoms with van der Waals surface area (Å²) in [6.45, 7) is 6.05.